The number of carbonyl (C=O) groups excluding carboxylic acids is 1. The molecule has 0 spiro atoms. The Labute approximate surface area is 106 Å². The van der Waals surface area contributed by atoms with Gasteiger partial charge < -0.3 is 10.0 Å². The van der Waals surface area contributed by atoms with Crippen molar-refractivity contribution in [3.05, 3.63) is 29.6 Å². The van der Waals surface area contributed by atoms with Crippen LogP contribution in [-0.2, 0) is 0 Å². The van der Waals surface area contributed by atoms with E-state index in [1.165, 1.54) is 18.3 Å². The molecule has 0 aliphatic rings. The molecule has 0 fully saturated rings. The van der Waals surface area contributed by atoms with Crippen molar-refractivity contribution < 1.29 is 14.7 Å². The monoisotopic (exact) mass is 250 g/mol. The molecule has 1 aromatic rings. The van der Waals surface area contributed by atoms with Crippen LogP contribution >= 0.6 is 0 Å². The maximum Gasteiger partial charge on any atom is 0.337 e. The maximum absolute atomic E-state index is 12.1. The Morgan fingerprint density at radius 3 is 2.50 bits per heavy atom. The van der Waals surface area contributed by atoms with Crippen LogP contribution in [0.2, 0.25) is 0 Å². The van der Waals surface area contributed by atoms with E-state index >= 15 is 0 Å². The quantitative estimate of drug-likeness (QED) is 0.838. The minimum atomic E-state index is -1.04. The maximum atomic E-state index is 12.1. The molecule has 0 saturated carbocycles. The van der Waals surface area contributed by atoms with Gasteiger partial charge in [0, 0.05) is 19.3 Å². The number of aromatic carboxylic acids is 1. The minimum Gasteiger partial charge on any atom is -0.478 e. The van der Waals surface area contributed by atoms with Gasteiger partial charge in [-0.2, -0.15) is 0 Å². The van der Waals surface area contributed by atoms with Crippen molar-refractivity contribution in [2.24, 2.45) is 0 Å². The first kappa shape index (κ1) is 14.2. The van der Waals surface area contributed by atoms with Crippen molar-refractivity contribution in [3.63, 3.8) is 0 Å². The summed E-state index contributed by atoms with van der Waals surface area (Å²) in [5.41, 5.74) is 0.376. The van der Waals surface area contributed by atoms with E-state index in [1.54, 1.807) is 4.90 Å². The van der Waals surface area contributed by atoms with E-state index < -0.39 is 5.97 Å². The molecule has 1 amide bonds. The normalized spacial score (nSPS) is 10.1. The zero-order valence-electron chi connectivity index (χ0n) is 10.7. The second kappa shape index (κ2) is 6.74. The van der Waals surface area contributed by atoms with Gasteiger partial charge in [-0.05, 0) is 25.5 Å². The lowest BCUT2D eigenvalue weighted by molar-refractivity contribution is 0.0692. The first-order chi connectivity index (χ1) is 8.60. The van der Waals surface area contributed by atoms with E-state index in [-0.39, 0.29) is 17.2 Å². The van der Waals surface area contributed by atoms with E-state index in [2.05, 4.69) is 11.9 Å². The topological polar surface area (TPSA) is 70.5 Å². The first-order valence-corrected chi connectivity index (χ1v) is 6.08. The highest BCUT2D eigenvalue weighted by Gasteiger charge is 2.15. The molecule has 1 aromatic heterocycles. The first-order valence-electron chi connectivity index (χ1n) is 6.08. The number of rotatable bonds is 6. The number of pyridine rings is 1. The van der Waals surface area contributed by atoms with E-state index in [0.717, 1.165) is 12.8 Å². The summed E-state index contributed by atoms with van der Waals surface area (Å²) in [6.07, 6.45) is 3.19. The Morgan fingerprint density at radius 2 is 2.06 bits per heavy atom. The number of amides is 1. The number of carboxylic acid groups (broad SMARTS) is 1. The highest BCUT2D eigenvalue weighted by molar-refractivity contribution is 5.93. The van der Waals surface area contributed by atoms with Crippen LogP contribution < -0.4 is 0 Å². The predicted octanol–water partition coefficient (Wildman–Crippen LogP) is 2.04. The van der Waals surface area contributed by atoms with E-state index in [1.807, 2.05) is 6.92 Å². The van der Waals surface area contributed by atoms with Gasteiger partial charge in [-0.1, -0.05) is 13.3 Å². The van der Waals surface area contributed by atoms with Gasteiger partial charge in [0.05, 0.1) is 5.56 Å². The van der Waals surface area contributed by atoms with Crippen LogP contribution in [0, 0.1) is 0 Å². The number of unbranched alkanes of at least 4 members (excludes halogenated alkanes) is 1. The van der Waals surface area contributed by atoms with Crippen LogP contribution in [0.3, 0.4) is 0 Å². The van der Waals surface area contributed by atoms with Crippen LogP contribution in [0.25, 0.3) is 0 Å². The van der Waals surface area contributed by atoms with Crippen LogP contribution in [0.4, 0.5) is 0 Å². The largest absolute Gasteiger partial charge is 0.478 e. The average Bonchev–Trinajstić information content (AvgIpc) is 2.39. The fourth-order valence-corrected chi connectivity index (χ4v) is 1.56. The molecule has 1 N–H and O–H groups in total. The molecule has 98 valence electrons. The van der Waals surface area contributed by atoms with Gasteiger partial charge in [0.25, 0.3) is 5.91 Å². The van der Waals surface area contributed by atoms with Gasteiger partial charge in [0.2, 0.25) is 0 Å². The van der Waals surface area contributed by atoms with E-state index in [4.69, 9.17) is 5.11 Å². The molecule has 0 aliphatic carbocycles. The highest BCUT2D eigenvalue weighted by atomic mass is 16.4. The van der Waals surface area contributed by atoms with Crippen LogP contribution in [0.1, 0.15) is 47.5 Å². The number of aromatic nitrogens is 1. The number of carboxylic acids is 1. The van der Waals surface area contributed by atoms with Crippen LogP contribution in [0.15, 0.2) is 18.3 Å². The van der Waals surface area contributed by atoms with E-state index in [0.29, 0.717) is 13.1 Å². The molecule has 0 unspecified atom stereocenters. The van der Waals surface area contributed by atoms with Crippen molar-refractivity contribution in [1.29, 1.82) is 0 Å². The molecule has 0 aromatic carbocycles. The predicted molar refractivity (Wildman–Crippen MR) is 67.7 cm³/mol. The number of carbonyl (C=O) groups is 2. The molecule has 18 heavy (non-hydrogen) atoms. The Balaban J connectivity index is 2.78. The molecule has 1 rings (SSSR count). The van der Waals surface area contributed by atoms with Gasteiger partial charge in [-0.3, -0.25) is 9.78 Å². The lowest BCUT2D eigenvalue weighted by Gasteiger charge is -2.20. The SMILES string of the molecule is CCCCN(CC)C(=O)c1ccc(C(=O)O)cn1. The summed E-state index contributed by atoms with van der Waals surface area (Å²) >= 11 is 0. The van der Waals surface area contributed by atoms with Crippen molar-refractivity contribution in [2.75, 3.05) is 13.1 Å². The highest BCUT2D eigenvalue weighted by Crippen LogP contribution is 2.05. The molecule has 0 bridgehead atoms. The number of hydrogen-bond donors (Lipinski definition) is 1. The minimum absolute atomic E-state index is 0.0863. The number of nitrogens with zero attached hydrogens (tertiary/aromatic N) is 2. The second-order valence-corrected chi connectivity index (χ2v) is 3.98. The van der Waals surface area contributed by atoms with Crippen molar-refractivity contribution in [1.82, 2.24) is 9.88 Å². The standard InChI is InChI=1S/C13H18N2O3/c1-3-5-8-15(4-2)12(16)11-7-6-10(9-14-11)13(17)18/h6-7,9H,3-5,8H2,1-2H3,(H,17,18). The average molecular weight is 250 g/mol. The Morgan fingerprint density at radius 1 is 1.33 bits per heavy atom. The lowest BCUT2D eigenvalue weighted by atomic mass is 10.2. The van der Waals surface area contributed by atoms with Crippen molar-refractivity contribution in [3.8, 4) is 0 Å². The summed E-state index contributed by atoms with van der Waals surface area (Å²) in [5, 5.41) is 8.75. The molecule has 1 heterocycles. The lowest BCUT2D eigenvalue weighted by Crippen LogP contribution is -2.32. The fourth-order valence-electron chi connectivity index (χ4n) is 1.56. The van der Waals surface area contributed by atoms with Gasteiger partial charge in [0.15, 0.2) is 0 Å². The van der Waals surface area contributed by atoms with Gasteiger partial charge in [-0.25, -0.2) is 4.79 Å². The van der Waals surface area contributed by atoms with Crippen molar-refractivity contribution >= 4 is 11.9 Å². The molecule has 0 atom stereocenters. The summed E-state index contributed by atoms with van der Waals surface area (Å²) in [7, 11) is 0. The third kappa shape index (κ3) is 3.55. The zero-order valence-corrected chi connectivity index (χ0v) is 10.7. The molecule has 0 saturated heterocycles. The Kier molecular flexibility index (Phi) is 5.30. The smallest absolute Gasteiger partial charge is 0.337 e. The number of hydrogen-bond acceptors (Lipinski definition) is 3. The van der Waals surface area contributed by atoms with Gasteiger partial charge in [-0.15, -0.1) is 0 Å². The molecule has 0 radical (unpaired) electrons. The van der Waals surface area contributed by atoms with Crippen LogP contribution in [-0.4, -0.2) is 40.0 Å². The molecule has 5 nitrogen and oxygen atoms in total. The summed E-state index contributed by atoms with van der Waals surface area (Å²) < 4.78 is 0. The summed E-state index contributed by atoms with van der Waals surface area (Å²) in [5.74, 6) is -1.19. The summed E-state index contributed by atoms with van der Waals surface area (Å²) in [4.78, 5) is 28.4. The van der Waals surface area contributed by atoms with Crippen LogP contribution in [0.5, 0.6) is 0 Å². The zero-order chi connectivity index (χ0) is 13.5. The Hall–Kier alpha value is -1.91. The summed E-state index contributed by atoms with van der Waals surface area (Å²) in [6.45, 7) is 5.31. The van der Waals surface area contributed by atoms with E-state index in [9.17, 15) is 9.59 Å². The second-order valence-electron chi connectivity index (χ2n) is 3.98. The molecular formula is C13H18N2O3. The molecule has 5 heteroatoms. The van der Waals surface area contributed by atoms with Gasteiger partial charge in [0.1, 0.15) is 5.69 Å². The van der Waals surface area contributed by atoms with Crippen molar-refractivity contribution in [2.45, 2.75) is 26.7 Å². The molecular weight excluding hydrogens is 232 g/mol. The third-order valence-electron chi connectivity index (χ3n) is 2.68. The Bertz CT molecular complexity index is 415. The van der Waals surface area contributed by atoms with Gasteiger partial charge >= 0.3 is 5.97 Å². The molecule has 0 aliphatic heterocycles. The summed E-state index contributed by atoms with van der Waals surface area (Å²) in [6, 6.07) is 2.86. The third-order valence-corrected chi connectivity index (χ3v) is 2.68. The fraction of sp³-hybridized carbons (Fsp3) is 0.462.